The number of nitrogens with zero attached hydrogens (tertiary/aromatic N) is 3. The normalized spacial score (nSPS) is 14.3. The summed E-state index contributed by atoms with van der Waals surface area (Å²) in [5.41, 5.74) is 2.09. The van der Waals surface area contributed by atoms with Crippen molar-refractivity contribution < 1.29 is 18.9 Å². The van der Waals surface area contributed by atoms with E-state index in [4.69, 9.17) is 9.15 Å². The Bertz CT molecular complexity index is 1090. The van der Waals surface area contributed by atoms with E-state index in [0.717, 1.165) is 36.5 Å². The van der Waals surface area contributed by atoms with E-state index in [1.165, 1.54) is 6.07 Å². The van der Waals surface area contributed by atoms with E-state index in [-0.39, 0.29) is 24.0 Å². The number of nitro groups is 1. The summed E-state index contributed by atoms with van der Waals surface area (Å²) in [4.78, 5) is 27.9. The number of rotatable bonds is 7. The lowest BCUT2D eigenvalue weighted by atomic mass is 10.1. The lowest BCUT2D eigenvalue weighted by Crippen LogP contribution is -2.48. The Balaban J connectivity index is 1.36. The van der Waals surface area contributed by atoms with E-state index in [1.54, 1.807) is 37.5 Å². The number of aryl methyl sites for hydroxylation is 1. The van der Waals surface area contributed by atoms with Crippen LogP contribution in [0.25, 0.3) is 0 Å². The van der Waals surface area contributed by atoms with E-state index < -0.39 is 4.92 Å². The van der Waals surface area contributed by atoms with Crippen molar-refractivity contribution in [2.45, 2.75) is 20.1 Å². The Hall–Kier alpha value is -3.65. The molecule has 0 atom stereocenters. The van der Waals surface area contributed by atoms with E-state index >= 15 is 0 Å². The second kappa shape index (κ2) is 9.65. The largest absolute Gasteiger partial charge is 0.482 e. The van der Waals surface area contributed by atoms with Gasteiger partial charge < -0.3 is 14.1 Å². The number of ether oxygens (including phenoxy) is 1. The zero-order valence-corrected chi connectivity index (χ0v) is 17.9. The highest BCUT2D eigenvalue weighted by atomic mass is 16.6. The Morgan fingerprint density at radius 1 is 1.09 bits per heavy atom. The number of piperazine rings is 1. The molecule has 0 aliphatic carbocycles. The summed E-state index contributed by atoms with van der Waals surface area (Å²) in [6.45, 7) is 5.54. The molecule has 2 aromatic carbocycles. The third-order valence-electron chi connectivity index (χ3n) is 5.50. The van der Waals surface area contributed by atoms with Crippen LogP contribution >= 0.6 is 0 Å². The molecule has 32 heavy (non-hydrogen) atoms. The zero-order valence-electron chi connectivity index (χ0n) is 17.9. The van der Waals surface area contributed by atoms with Crippen LogP contribution in [0.2, 0.25) is 0 Å². The average Bonchev–Trinajstić information content (AvgIpc) is 3.31. The SMILES string of the molecule is Cc1ccc(OCc2cccc(C(=O)N3CCN(Cc4ccco4)CC3)c2)c([N+](=O)[O-])c1. The lowest BCUT2D eigenvalue weighted by molar-refractivity contribution is -0.386. The fourth-order valence-electron chi connectivity index (χ4n) is 3.76. The van der Waals surface area contributed by atoms with E-state index in [1.807, 2.05) is 29.2 Å². The van der Waals surface area contributed by atoms with Gasteiger partial charge in [-0.3, -0.25) is 19.8 Å². The van der Waals surface area contributed by atoms with Gasteiger partial charge in [0.2, 0.25) is 0 Å². The number of hydrogen-bond donors (Lipinski definition) is 0. The highest BCUT2D eigenvalue weighted by molar-refractivity contribution is 5.94. The highest BCUT2D eigenvalue weighted by Gasteiger charge is 2.23. The van der Waals surface area contributed by atoms with Crippen molar-refractivity contribution in [1.29, 1.82) is 0 Å². The van der Waals surface area contributed by atoms with Gasteiger partial charge in [0.1, 0.15) is 12.4 Å². The van der Waals surface area contributed by atoms with Crippen LogP contribution in [0, 0.1) is 17.0 Å². The van der Waals surface area contributed by atoms with Crippen LogP contribution in [-0.2, 0) is 13.2 Å². The minimum Gasteiger partial charge on any atom is -0.482 e. The summed E-state index contributed by atoms with van der Waals surface area (Å²) in [6.07, 6.45) is 1.67. The minimum absolute atomic E-state index is 0.0224. The second-order valence-corrected chi connectivity index (χ2v) is 7.87. The van der Waals surface area contributed by atoms with Crippen LogP contribution in [0.1, 0.15) is 27.2 Å². The summed E-state index contributed by atoms with van der Waals surface area (Å²) >= 11 is 0. The first-order valence-electron chi connectivity index (χ1n) is 10.5. The summed E-state index contributed by atoms with van der Waals surface area (Å²) in [5.74, 6) is 1.11. The molecule has 0 saturated carbocycles. The van der Waals surface area contributed by atoms with Crippen LogP contribution in [0.15, 0.2) is 65.3 Å². The molecule has 2 heterocycles. The standard InChI is InChI=1S/C24H25N3O5/c1-18-7-8-23(22(14-18)27(29)30)32-17-19-4-2-5-20(15-19)24(28)26-11-9-25(10-12-26)16-21-6-3-13-31-21/h2-8,13-15H,9-12,16-17H2,1H3. The van der Waals surface area contributed by atoms with Crippen molar-refractivity contribution in [3.8, 4) is 5.75 Å². The smallest absolute Gasteiger partial charge is 0.311 e. The van der Waals surface area contributed by atoms with Crippen molar-refractivity contribution in [3.63, 3.8) is 0 Å². The molecule has 0 spiro atoms. The van der Waals surface area contributed by atoms with Gasteiger partial charge >= 0.3 is 5.69 Å². The molecule has 1 fully saturated rings. The fraction of sp³-hybridized carbons (Fsp3) is 0.292. The Kier molecular flexibility index (Phi) is 6.51. The molecule has 0 N–H and O–H groups in total. The van der Waals surface area contributed by atoms with Crippen LogP contribution < -0.4 is 4.74 Å². The molecule has 0 unspecified atom stereocenters. The molecule has 8 heteroatoms. The summed E-state index contributed by atoms with van der Waals surface area (Å²) in [5, 5.41) is 11.3. The van der Waals surface area contributed by atoms with Crippen molar-refractivity contribution in [2.24, 2.45) is 0 Å². The number of nitro benzene ring substituents is 1. The van der Waals surface area contributed by atoms with Crippen molar-refractivity contribution in [1.82, 2.24) is 9.80 Å². The Morgan fingerprint density at radius 3 is 2.62 bits per heavy atom. The summed E-state index contributed by atoms with van der Waals surface area (Å²) in [6, 6.07) is 15.9. The zero-order chi connectivity index (χ0) is 22.5. The molecule has 1 amide bonds. The van der Waals surface area contributed by atoms with Gasteiger partial charge in [0, 0.05) is 37.8 Å². The third kappa shape index (κ3) is 5.15. The topological polar surface area (TPSA) is 89.1 Å². The second-order valence-electron chi connectivity index (χ2n) is 7.87. The molecule has 0 bridgehead atoms. The number of benzene rings is 2. The van der Waals surface area contributed by atoms with Crippen LogP contribution in [0.3, 0.4) is 0 Å². The van der Waals surface area contributed by atoms with Gasteiger partial charge in [-0.2, -0.15) is 0 Å². The number of amides is 1. The molecular weight excluding hydrogens is 410 g/mol. The van der Waals surface area contributed by atoms with Gasteiger partial charge in [-0.25, -0.2) is 0 Å². The van der Waals surface area contributed by atoms with Gasteiger partial charge in [0.05, 0.1) is 17.7 Å². The average molecular weight is 435 g/mol. The van der Waals surface area contributed by atoms with Gasteiger partial charge in [-0.1, -0.05) is 18.2 Å². The number of carbonyl (C=O) groups is 1. The first-order valence-corrected chi connectivity index (χ1v) is 10.5. The maximum absolute atomic E-state index is 13.0. The molecule has 4 rings (SSSR count). The monoisotopic (exact) mass is 435 g/mol. The van der Waals surface area contributed by atoms with Gasteiger partial charge in [0.25, 0.3) is 5.91 Å². The van der Waals surface area contributed by atoms with Gasteiger partial charge in [-0.05, 0) is 48.4 Å². The molecule has 1 aliphatic heterocycles. The van der Waals surface area contributed by atoms with Crippen molar-refractivity contribution in [2.75, 3.05) is 26.2 Å². The maximum atomic E-state index is 13.0. The molecule has 0 radical (unpaired) electrons. The molecule has 1 aliphatic rings. The molecular formula is C24H25N3O5. The maximum Gasteiger partial charge on any atom is 0.311 e. The van der Waals surface area contributed by atoms with Crippen molar-refractivity contribution >= 4 is 11.6 Å². The minimum atomic E-state index is -0.451. The van der Waals surface area contributed by atoms with Crippen LogP contribution in [0.5, 0.6) is 5.75 Å². The Morgan fingerprint density at radius 2 is 1.91 bits per heavy atom. The molecule has 166 valence electrons. The van der Waals surface area contributed by atoms with Gasteiger partial charge in [0.15, 0.2) is 5.75 Å². The van der Waals surface area contributed by atoms with Crippen molar-refractivity contribution in [3.05, 3.63) is 93.4 Å². The quantitative estimate of drug-likeness (QED) is 0.411. The summed E-state index contributed by atoms with van der Waals surface area (Å²) in [7, 11) is 0. The van der Waals surface area contributed by atoms with E-state index in [9.17, 15) is 14.9 Å². The predicted octanol–water partition coefficient (Wildman–Crippen LogP) is 4.03. The molecule has 1 saturated heterocycles. The molecule has 1 aromatic heterocycles. The van der Waals surface area contributed by atoms with Crippen LogP contribution in [0.4, 0.5) is 5.69 Å². The fourth-order valence-corrected chi connectivity index (χ4v) is 3.76. The van der Waals surface area contributed by atoms with E-state index in [2.05, 4.69) is 4.90 Å². The third-order valence-corrected chi connectivity index (χ3v) is 5.50. The van der Waals surface area contributed by atoms with E-state index in [0.29, 0.717) is 18.7 Å². The number of hydrogen-bond acceptors (Lipinski definition) is 6. The predicted molar refractivity (Wildman–Crippen MR) is 118 cm³/mol. The molecule has 8 nitrogen and oxygen atoms in total. The highest BCUT2D eigenvalue weighted by Crippen LogP contribution is 2.28. The first kappa shape index (κ1) is 21.6. The Labute approximate surface area is 186 Å². The molecule has 3 aromatic rings. The lowest BCUT2D eigenvalue weighted by Gasteiger charge is -2.34. The van der Waals surface area contributed by atoms with Gasteiger partial charge in [-0.15, -0.1) is 0 Å². The van der Waals surface area contributed by atoms with Crippen LogP contribution in [-0.4, -0.2) is 46.8 Å². The first-order chi connectivity index (χ1) is 15.5. The summed E-state index contributed by atoms with van der Waals surface area (Å²) < 4.78 is 11.1. The number of furan rings is 1. The number of carbonyl (C=O) groups excluding carboxylic acids is 1.